The van der Waals surface area contributed by atoms with Gasteiger partial charge in [-0.3, -0.25) is 0 Å². The number of hydrogen-bond acceptors (Lipinski definition) is 4. The van der Waals surface area contributed by atoms with Crippen molar-refractivity contribution in [1.82, 2.24) is 20.0 Å². The lowest BCUT2D eigenvalue weighted by Gasteiger charge is -2.33. The minimum absolute atomic E-state index is 0.965. The second-order valence-corrected chi connectivity index (χ2v) is 7.20. The van der Waals surface area contributed by atoms with E-state index >= 15 is 0 Å². The first-order valence-electron chi connectivity index (χ1n) is 9.04. The van der Waals surface area contributed by atoms with E-state index < -0.39 is 0 Å². The first-order chi connectivity index (χ1) is 10.2. The van der Waals surface area contributed by atoms with Gasteiger partial charge in [0, 0.05) is 19.6 Å². The summed E-state index contributed by atoms with van der Waals surface area (Å²) in [5.41, 5.74) is 0. The van der Waals surface area contributed by atoms with Crippen LogP contribution in [0.1, 0.15) is 32.1 Å². The third-order valence-corrected chi connectivity index (χ3v) is 4.99. The fourth-order valence-electron chi connectivity index (χ4n) is 3.61. The number of hydrogen-bond donors (Lipinski definition) is 1. The van der Waals surface area contributed by atoms with Gasteiger partial charge < -0.3 is 20.0 Å². The van der Waals surface area contributed by atoms with Crippen LogP contribution in [0.15, 0.2) is 0 Å². The molecular weight excluding hydrogens is 260 g/mol. The van der Waals surface area contributed by atoms with Gasteiger partial charge in [0.1, 0.15) is 0 Å². The number of rotatable bonds is 9. The lowest BCUT2D eigenvalue weighted by Crippen LogP contribution is -2.41. The Kier molecular flexibility index (Phi) is 8.01. The molecule has 0 spiro atoms. The van der Waals surface area contributed by atoms with Crippen molar-refractivity contribution in [2.45, 2.75) is 32.1 Å². The van der Waals surface area contributed by atoms with Crippen molar-refractivity contribution >= 4 is 0 Å². The topological polar surface area (TPSA) is 21.8 Å². The van der Waals surface area contributed by atoms with Crippen LogP contribution < -0.4 is 5.32 Å². The van der Waals surface area contributed by atoms with Crippen molar-refractivity contribution in [1.29, 1.82) is 0 Å². The molecule has 0 amide bonds. The van der Waals surface area contributed by atoms with Crippen molar-refractivity contribution in [2.75, 3.05) is 73.0 Å². The van der Waals surface area contributed by atoms with E-state index in [4.69, 9.17) is 0 Å². The Bertz CT molecular complexity index is 256. The molecule has 4 nitrogen and oxygen atoms in total. The van der Waals surface area contributed by atoms with Crippen LogP contribution in [0.5, 0.6) is 0 Å². The third kappa shape index (κ3) is 7.09. The Morgan fingerprint density at radius 2 is 1.67 bits per heavy atom. The van der Waals surface area contributed by atoms with E-state index in [1.807, 2.05) is 0 Å². The highest BCUT2D eigenvalue weighted by Gasteiger charge is 2.22. The molecule has 2 rings (SSSR count). The first-order valence-corrected chi connectivity index (χ1v) is 9.04. The Balaban J connectivity index is 1.45. The van der Waals surface area contributed by atoms with Crippen molar-refractivity contribution in [3.63, 3.8) is 0 Å². The molecule has 2 saturated heterocycles. The number of piperidine rings is 1. The zero-order chi connectivity index (χ0) is 14.9. The van der Waals surface area contributed by atoms with Gasteiger partial charge in [0.25, 0.3) is 0 Å². The van der Waals surface area contributed by atoms with Gasteiger partial charge >= 0.3 is 0 Å². The molecular formula is C17H36N4. The van der Waals surface area contributed by atoms with Crippen LogP contribution in [0, 0.1) is 5.92 Å². The Hall–Kier alpha value is -0.160. The highest BCUT2D eigenvalue weighted by molar-refractivity contribution is 4.77. The van der Waals surface area contributed by atoms with Gasteiger partial charge in [-0.25, -0.2) is 0 Å². The monoisotopic (exact) mass is 296 g/mol. The highest BCUT2D eigenvalue weighted by Crippen LogP contribution is 2.20. The molecule has 0 unspecified atom stereocenters. The number of nitrogens with one attached hydrogen (secondary N) is 1. The predicted molar refractivity (Wildman–Crippen MR) is 90.9 cm³/mol. The van der Waals surface area contributed by atoms with Crippen LogP contribution in [0.4, 0.5) is 0 Å². The molecule has 21 heavy (non-hydrogen) atoms. The van der Waals surface area contributed by atoms with Crippen molar-refractivity contribution < 1.29 is 0 Å². The molecule has 0 aromatic heterocycles. The van der Waals surface area contributed by atoms with Gasteiger partial charge in [-0.05, 0) is 91.4 Å². The third-order valence-electron chi connectivity index (χ3n) is 4.99. The Labute approximate surface area is 131 Å². The standard InChI is InChI=1S/C17H36N4/c1-19(2)10-5-8-18-9-15-20-13-6-17(7-14-20)16-21-11-3-4-12-21/h17-18H,3-16H2,1-2H3. The van der Waals surface area contributed by atoms with E-state index in [0.29, 0.717) is 0 Å². The van der Waals surface area contributed by atoms with Crippen LogP contribution >= 0.6 is 0 Å². The molecule has 2 heterocycles. The van der Waals surface area contributed by atoms with Gasteiger partial charge in [-0.15, -0.1) is 0 Å². The van der Waals surface area contributed by atoms with Gasteiger partial charge in [-0.2, -0.15) is 0 Å². The molecule has 0 atom stereocenters. The molecule has 2 aliphatic rings. The minimum atomic E-state index is 0.965. The van der Waals surface area contributed by atoms with Gasteiger partial charge in [0.05, 0.1) is 0 Å². The van der Waals surface area contributed by atoms with Crippen LogP contribution in [0.2, 0.25) is 0 Å². The lowest BCUT2D eigenvalue weighted by molar-refractivity contribution is 0.154. The molecule has 0 radical (unpaired) electrons. The smallest absolute Gasteiger partial charge is 0.0107 e. The maximum absolute atomic E-state index is 3.58. The van der Waals surface area contributed by atoms with E-state index in [-0.39, 0.29) is 0 Å². The average molecular weight is 297 g/mol. The molecule has 0 aromatic carbocycles. The maximum atomic E-state index is 3.58. The summed E-state index contributed by atoms with van der Waals surface area (Å²) < 4.78 is 0. The van der Waals surface area contributed by atoms with Crippen LogP contribution in [-0.2, 0) is 0 Å². The molecule has 124 valence electrons. The fourth-order valence-corrected chi connectivity index (χ4v) is 3.61. The van der Waals surface area contributed by atoms with E-state index in [9.17, 15) is 0 Å². The molecule has 2 fully saturated rings. The molecule has 0 aliphatic carbocycles. The summed E-state index contributed by atoms with van der Waals surface area (Å²) >= 11 is 0. The summed E-state index contributed by atoms with van der Waals surface area (Å²) in [6, 6.07) is 0. The van der Waals surface area contributed by atoms with Gasteiger partial charge in [0.2, 0.25) is 0 Å². The second kappa shape index (κ2) is 9.78. The highest BCUT2D eigenvalue weighted by atomic mass is 15.2. The van der Waals surface area contributed by atoms with Crippen LogP contribution in [0.3, 0.4) is 0 Å². The zero-order valence-electron chi connectivity index (χ0n) is 14.3. The summed E-state index contributed by atoms with van der Waals surface area (Å²) in [6.45, 7) is 11.5. The van der Waals surface area contributed by atoms with Crippen molar-refractivity contribution in [3.8, 4) is 0 Å². The first kappa shape index (κ1) is 17.2. The average Bonchev–Trinajstić information content (AvgIpc) is 2.97. The number of likely N-dealkylation sites (tertiary alicyclic amines) is 2. The quantitative estimate of drug-likeness (QED) is 0.648. The summed E-state index contributed by atoms with van der Waals surface area (Å²) in [4.78, 5) is 7.60. The van der Waals surface area contributed by atoms with Gasteiger partial charge in [-0.1, -0.05) is 0 Å². The fraction of sp³-hybridized carbons (Fsp3) is 1.00. The van der Waals surface area contributed by atoms with Crippen LogP contribution in [-0.4, -0.2) is 87.7 Å². The molecule has 2 aliphatic heterocycles. The second-order valence-electron chi connectivity index (χ2n) is 7.20. The van der Waals surface area contributed by atoms with E-state index in [1.54, 1.807) is 0 Å². The molecule has 0 bridgehead atoms. The van der Waals surface area contributed by atoms with Gasteiger partial charge in [0.15, 0.2) is 0 Å². The number of nitrogens with zero attached hydrogens (tertiary/aromatic N) is 3. The van der Waals surface area contributed by atoms with Crippen LogP contribution in [0.25, 0.3) is 0 Å². The largest absolute Gasteiger partial charge is 0.315 e. The molecule has 4 heteroatoms. The Morgan fingerprint density at radius 1 is 0.952 bits per heavy atom. The molecule has 1 N–H and O–H groups in total. The van der Waals surface area contributed by atoms with E-state index in [2.05, 4.69) is 34.1 Å². The summed E-state index contributed by atoms with van der Waals surface area (Å²) in [6.07, 6.45) is 6.94. The zero-order valence-corrected chi connectivity index (χ0v) is 14.3. The Morgan fingerprint density at radius 3 is 2.33 bits per heavy atom. The SMILES string of the molecule is CN(C)CCCNCCN1CCC(CN2CCCC2)CC1. The van der Waals surface area contributed by atoms with Crippen molar-refractivity contribution in [3.05, 3.63) is 0 Å². The van der Waals surface area contributed by atoms with E-state index in [1.165, 1.54) is 77.9 Å². The maximum Gasteiger partial charge on any atom is 0.0107 e. The van der Waals surface area contributed by atoms with Crippen molar-refractivity contribution in [2.24, 2.45) is 5.92 Å². The summed E-state index contributed by atoms with van der Waals surface area (Å²) in [7, 11) is 4.29. The summed E-state index contributed by atoms with van der Waals surface area (Å²) in [5.74, 6) is 0.965. The molecule has 0 aromatic rings. The van der Waals surface area contributed by atoms with E-state index in [0.717, 1.165) is 19.0 Å². The normalized spacial score (nSPS) is 22.4. The lowest BCUT2D eigenvalue weighted by atomic mass is 9.96. The molecule has 0 saturated carbocycles. The summed E-state index contributed by atoms with van der Waals surface area (Å²) in [5, 5.41) is 3.58. The minimum Gasteiger partial charge on any atom is -0.315 e. The predicted octanol–water partition coefficient (Wildman–Crippen LogP) is 1.34.